The highest BCUT2D eigenvalue weighted by atomic mass is 16.5. The molecule has 0 radical (unpaired) electrons. The molecule has 1 aliphatic rings. The summed E-state index contributed by atoms with van der Waals surface area (Å²) in [6.45, 7) is 17.2. The Bertz CT molecular complexity index is 927. The molecule has 0 N–H and O–H groups in total. The summed E-state index contributed by atoms with van der Waals surface area (Å²) in [6, 6.07) is 0.544. The number of hydrogen-bond donors (Lipinski definition) is 0. The van der Waals surface area contributed by atoms with Gasteiger partial charge in [-0.25, -0.2) is 0 Å². The molecule has 1 rings (SSSR count). The van der Waals surface area contributed by atoms with Crippen molar-refractivity contribution in [3.8, 4) is 0 Å². The van der Waals surface area contributed by atoms with Crippen LogP contribution in [0.5, 0.6) is 0 Å². The van der Waals surface area contributed by atoms with Gasteiger partial charge in [-0.1, -0.05) is 190 Å². The maximum atomic E-state index is 12.7. The molecular weight excluding hydrogens is 759 g/mol. The molecule has 0 aromatic rings. The first-order valence-electron chi connectivity index (χ1n) is 26.4. The first kappa shape index (κ1) is 61.6. The van der Waals surface area contributed by atoms with Crippen molar-refractivity contribution in [3.05, 3.63) is 0 Å². The number of carbonyl (C=O) groups is 3. The fraction of sp³-hybridized carbons (Fsp3) is 0.944. The van der Waals surface area contributed by atoms with Crippen molar-refractivity contribution in [2.75, 3.05) is 32.9 Å². The highest BCUT2D eigenvalue weighted by Crippen LogP contribution is 2.24. The molecule has 0 aromatic carbocycles. The van der Waals surface area contributed by atoms with Gasteiger partial charge in [0.2, 0.25) is 0 Å². The van der Waals surface area contributed by atoms with E-state index in [1.54, 1.807) is 6.92 Å². The quantitative estimate of drug-likeness (QED) is 0.0446. The Hall–Kier alpha value is -1.47. The Morgan fingerprint density at radius 3 is 1.44 bits per heavy atom. The number of esters is 2. The van der Waals surface area contributed by atoms with Gasteiger partial charge in [-0.3, -0.25) is 14.5 Å². The van der Waals surface area contributed by atoms with Gasteiger partial charge in [0.25, 0.3) is 0 Å². The van der Waals surface area contributed by atoms with Crippen LogP contribution in [0.3, 0.4) is 0 Å². The number of hydrogen-bond acceptors (Lipinski definition) is 7. The fourth-order valence-electron chi connectivity index (χ4n) is 8.33. The number of ketones is 1. The van der Waals surface area contributed by atoms with Crippen LogP contribution in [-0.4, -0.2) is 67.7 Å². The van der Waals surface area contributed by atoms with E-state index in [0.717, 1.165) is 77.0 Å². The third-order valence-electron chi connectivity index (χ3n) is 12.4. The lowest BCUT2D eigenvalue weighted by atomic mass is 10.0. The zero-order valence-corrected chi connectivity index (χ0v) is 41.1. The maximum absolute atomic E-state index is 12.7. The number of ether oxygens (including phenoxy) is 3. The molecule has 0 amide bonds. The molecule has 61 heavy (non-hydrogen) atoms. The van der Waals surface area contributed by atoms with Gasteiger partial charge in [-0.15, -0.1) is 0 Å². The van der Waals surface area contributed by atoms with E-state index in [0.29, 0.717) is 31.9 Å². The van der Waals surface area contributed by atoms with Crippen molar-refractivity contribution in [1.82, 2.24) is 4.90 Å². The summed E-state index contributed by atoms with van der Waals surface area (Å²) >= 11 is 0. The minimum atomic E-state index is -0.00812. The molecule has 1 fully saturated rings. The Morgan fingerprint density at radius 2 is 0.951 bits per heavy atom. The smallest absolute Gasteiger partial charge is 0.306 e. The second-order valence-electron chi connectivity index (χ2n) is 18.6. The van der Waals surface area contributed by atoms with Crippen LogP contribution in [0, 0.1) is 5.92 Å². The van der Waals surface area contributed by atoms with E-state index in [9.17, 15) is 14.4 Å². The van der Waals surface area contributed by atoms with Gasteiger partial charge in [0.15, 0.2) is 0 Å². The van der Waals surface area contributed by atoms with Crippen LogP contribution in [0.1, 0.15) is 280 Å². The summed E-state index contributed by atoms with van der Waals surface area (Å²) in [5, 5.41) is 0. The van der Waals surface area contributed by atoms with Gasteiger partial charge in [0.1, 0.15) is 11.9 Å². The molecule has 364 valence electrons. The minimum absolute atomic E-state index is 0. The SMILES string of the molecule is C.CCC(C)=O.CCCCCCCCCCCOC(=O)CCCCCCN1CC(C)C[C@H]1COCCCCCCCC(=O)OC(CCCCCCCC)CCCCCCCC. The molecule has 1 unspecified atom stereocenters. The maximum Gasteiger partial charge on any atom is 0.306 e. The second-order valence-corrected chi connectivity index (χ2v) is 18.6. The van der Waals surface area contributed by atoms with Gasteiger partial charge in [-0.05, 0) is 83.6 Å². The van der Waals surface area contributed by atoms with Crippen molar-refractivity contribution in [1.29, 1.82) is 0 Å². The fourth-order valence-corrected chi connectivity index (χ4v) is 8.33. The van der Waals surface area contributed by atoms with Crippen LogP contribution in [0.4, 0.5) is 0 Å². The van der Waals surface area contributed by atoms with E-state index in [4.69, 9.17) is 14.2 Å². The van der Waals surface area contributed by atoms with Crippen LogP contribution in [0.25, 0.3) is 0 Å². The normalized spacial score (nSPS) is 15.1. The largest absolute Gasteiger partial charge is 0.466 e. The first-order valence-corrected chi connectivity index (χ1v) is 26.4. The summed E-state index contributed by atoms with van der Waals surface area (Å²) in [4.78, 5) is 37.3. The molecule has 0 aromatic heterocycles. The monoisotopic (exact) mass is 866 g/mol. The lowest BCUT2D eigenvalue weighted by Crippen LogP contribution is -2.34. The van der Waals surface area contributed by atoms with Gasteiger partial charge in [-0.2, -0.15) is 0 Å². The number of Topliss-reactive ketones (excluding diaryl/α,β-unsaturated/α-hetero) is 1. The Labute approximate surface area is 381 Å². The van der Waals surface area contributed by atoms with E-state index in [1.807, 2.05) is 6.92 Å². The van der Waals surface area contributed by atoms with Crippen molar-refractivity contribution < 1.29 is 28.6 Å². The predicted molar refractivity (Wildman–Crippen MR) is 263 cm³/mol. The van der Waals surface area contributed by atoms with Gasteiger partial charge in [0, 0.05) is 38.5 Å². The molecule has 0 aliphatic carbocycles. The predicted octanol–water partition coefficient (Wildman–Crippen LogP) is 16.1. The van der Waals surface area contributed by atoms with Crippen molar-refractivity contribution in [3.63, 3.8) is 0 Å². The average molecular weight is 866 g/mol. The number of unbranched alkanes of at least 4 members (excludes halogenated alkanes) is 25. The highest BCUT2D eigenvalue weighted by Gasteiger charge is 2.29. The zero-order valence-electron chi connectivity index (χ0n) is 41.1. The third-order valence-corrected chi connectivity index (χ3v) is 12.4. The molecule has 7 nitrogen and oxygen atoms in total. The molecule has 0 bridgehead atoms. The van der Waals surface area contributed by atoms with Crippen LogP contribution in [-0.2, 0) is 28.6 Å². The molecule has 1 saturated heterocycles. The second kappa shape index (κ2) is 48.0. The van der Waals surface area contributed by atoms with Crippen LogP contribution < -0.4 is 0 Å². The van der Waals surface area contributed by atoms with Gasteiger partial charge in [0.05, 0.1) is 13.2 Å². The lowest BCUT2D eigenvalue weighted by Gasteiger charge is -2.24. The molecular formula is C54H107NO6. The summed E-state index contributed by atoms with van der Waals surface area (Å²) in [5.74, 6) is 1.01. The van der Waals surface area contributed by atoms with Crippen LogP contribution in [0.2, 0.25) is 0 Å². The van der Waals surface area contributed by atoms with Crippen molar-refractivity contribution >= 4 is 17.7 Å². The highest BCUT2D eigenvalue weighted by molar-refractivity contribution is 5.74. The summed E-state index contributed by atoms with van der Waals surface area (Å²) in [6.07, 6.45) is 42.2. The lowest BCUT2D eigenvalue weighted by molar-refractivity contribution is -0.150. The van der Waals surface area contributed by atoms with Crippen LogP contribution >= 0.6 is 0 Å². The van der Waals surface area contributed by atoms with Crippen molar-refractivity contribution in [2.24, 2.45) is 5.92 Å². The van der Waals surface area contributed by atoms with Gasteiger partial charge >= 0.3 is 11.9 Å². The van der Waals surface area contributed by atoms with Crippen molar-refractivity contribution in [2.45, 2.75) is 292 Å². The third kappa shape index (κ3) is 43.6. The Morgan fingerprint density at radius 1 is 0.541 bits per heavy atom. The van der Waals surface area contributed by atoms with E-state index >= 15 is 0 Å². The topological polar surface area (TPSA) is 82.1 Å². The summed E-state index contributed by atoms with van der Waals surface area (Å²) in [7, 11) is 0. The Kier molecular flexibility index (Phi) is 48.5. The molecule has 0 spiro atoms. The molecule has 1 aliphatic heterocycles. The van der Waals surface area contributed by atoms with E-state index < -0.39 is 0 Å². The molecule has 7 heteroatoms. The molecule has 2 atom stereocenters. The Balaban J connectivity index is 0. The standard InChI is InChI=1S/C49H95NO5.C4H8O.CH4/c1-5-8-11-14-17-18-19-27-34-41-54-48(51)37-30-24-25-32-39-50-43-45(4)42-46(50)44-53-40-33-26-20-23-31-38-49(52)55-47(35-28-21-15-12-9-6-2)36-29-22-16-13-10-7-3;1-3-4(2)5;/h45-47H,5-44H2,1-4H3;3H2,1-2H3;1H4/t45?,46-;;/m0../s1. The summed E-state index contributed by atoms with van der Waals surface area (Å²) < 4.78 is 17.7. The van der Waals surface area contributed by atoms with E-state index in [1.165, 1.54) is 167 Å². The van der Waals surface area contributed by atoms with E-state index in [2.05, 4.69) is 32.6 Å². The minimum Gasteiger partial charge on any atom is -0.466 e. The number of rotatable bonds is 43. The number of nitrogens with zero attached hydrogens (tertiary/aromatic N) is 1. The average Bonchev–Trinajstić information content (AvgIpc) is 3.59. The number of carbonyl (C=O) groups excluding carboxylic acids is 3. The molecule has 1 heterocycles. The van der Waals surface area contributed by atoms with Crippen LogP contribution in [0.15, 0.2) is 0 Å². The summed E-state index contributed by atoms with van der Waals surface area (Å²) in [5.41, 5.74) is 0. The van der Waals surface area contributed by atoms with E-state index in [-0.39, 0.29) is 31.3 Å². The first-order chi connectivity index (χ1) is 29.3. The number of likely N-dealkylation sites (tertiary alicyclic amines) is 1. The molecule has 0 saturated carbocycles. The van der Waals surface area contributed by atoms with Gasteiger partial charge < -0.3 is 19.0 Å². The zero-order chi connectivity index (χ0) is 44.2.